The lowest BCUT2D eigenvalue weighted by Gasteiger charge is -2.02. The summed E-state index contributed by atoms with van der Waals surface area (Å²) < 4.78 is 0. The summed E-state index contributed by atoms with van der Waals surface area (Å²) in [5.74, 6) is -0.955. The summed E-state index contributed by atoms with van der Waals surface area (Å²) in [7, 11) is 0. The van der Waals surface area contributed by atoms with Gasteiger partial charge in [0.25, 0.3) is 0 Å². The third-order valence-electron chi connectivity index (χ3n) is 2.32. The molecule has 0 aliphatic rings. The van der Waals surface area contributed by atoms with Crippen molar-refractivity contribution in [3.8, 4) is 11.3 Å². The zero-order valence-corrected chi connectivity index (χ0v) is 8.84. The lowest BCUT2D eigenvalue weighted by molar-refractivity contribution is 0.0696. The molecule has 3 nitrogen and oxygen atoms in total. The Bertz CT molecular complexity index is 518. The minimum Gasteiger partial charge on any atom is -0.478 e. The molecule has 1 aromatic carbocycles. The predicted molar refractivity (Wildman–Crippen MR) is 61.4 cm³/mol. The van der Waals surface area contributed by atoms with Gasteiger partial charge in [-0.05, 0) is 25.1 Å². The molecule has 0 saturated heterocycles. The van der Waals surface area contributed by atoms with E-state index in [0.717, 1.165) is 16.8 Å². The SMILES string of the molecule is Cc1cccc(-c2ccc(C(=O)O)cn2)c1. The van der Waals surface area contributed by atoms with E-state index in [0.29, 0.717) is 0 Å². The summed E-state index contributed by atoms with van der Waals surface area (Å²) >= 11 is 0. The Morgan fingerprint density at radius 2 is 2.06 bits per heavy atom. The van der Waals surface area contributed by atoms with Crippen LogP contribution in [0.25, 0.3) is 11.3 Å². The molecule has 0 radical (unpaired) electrons. The second kappa shape index (κ2) is 4.14. The van der Waals surface area contributed by atoms with Crippen LogP contribution in [-0.2, 0) is 0 Å². The van der Waals surface area contributed by atoms with Gasteiger partial charge < -0.3 is 5.11 Å². The van der Waals surface area contributed by atoms with E-state index < -0.39 is 5.97 Å². The number of hydrogen-bond donors (Lipinski definition) is 1. The number of pyridine rings is 1. The number of benzene rings is 1. The van der Waals surface area contributed by atoms with Crippen molar-refractivity contribution in [3.63, 3.8) is 0 Å². The minimum atomic E-state index is -0.955. The normalized spacial score (nSPS) is 10.1. The summed E-state index contributed by atoms with van der Waals surface area (Å²) in [6.45, 7) is 2.01. The largest absolute Gasteiger partial charge is 0.478 e. The molecular formula is C13H11NO2. The lowest BCUT2D eigenvalue weighted by atomic mass is 10.1. The zero-order chi connectivity index (χ0) is 11.5. The quantitative estimate of drug-likeness (QED) is 0.834. The molecule has 1 N–H and O–H groups in total. The molecule has 0 bridgehead atoms. The lowest BCUT2D eigenvalue weighted by Crippen LogP contribution is -1.97. The number of hydrogen-bond acceptors (Lipinski definition) is 2. The average Bonchev–Trinajstić information content (AvgIpc) is 2.29. The molecule has 0 aliphatic heterocycles. The molecule has 1 aromatic heterocycles. The van der Waals surface area contributed by atoms with Crippen LogP contribution >= 0.6 is 0 Å². The Morgan fingerprint density at radius 3 is 2.62 bits per heavy atom. The Balaban J connectivity index is 2.38. The maximum atomic E-state index is 10.7. The molecular weight excluding hydrogens is 202 g/mol. The molecule has 80 valence electrons. The van der Waals surface area contributed by atoms with Crippen molar-refractivity contribution >= 4 is 5.97 Å². The van der Waals surface area contributed by atoms with Crippen LogP contribution in [0, 0.1) is 6.92 Å². The number of carbonyl (C=O) groups is 1. The summed E-state index contributed by atoms with van der Waals surface area (Å²) in [5.41, 5.74) is 3.14. The highest BCUT2D eigenvalue weighted by Crippen LogP contribution is 2.18. The van der Waals surface area contributed by atoms with Crippen molar-refractivity contribution in [2.45, 2.75) is 6.92 Å². The number of carboxylic acid groups (broad SMARTS) is 1. The van der Waals surface area contributed by atoms with Gasteiger partial charge >= 0.3 is 5.97 Å². The standard InChI is InChI=1S/C13H11NO2/c1-9-3-2-4-10(7-9)12-6-5-11(8-14-12)13(15)16/h2-8H,1H3,(H,15,16). The molecule has 0 saturated carbocycles. The van der Waals surface area contributed by atoms with Gasteiger partial charge in [0.2, 0.25) is 0 Å². The molecule has 0 atom stereocenters. The van der Waals surface area contributed by atoms with Crippen LogP contribution in [0.1, 0.15) is 15.9 Å². The highest BCUT2D eigenvalue weighted by molar-refractivity contribution is 5.87. The first-order valence-corrected chi connectivity index (χ1v) is 4.93. The molecule has 2 aromatic rings. The van der Waals surface area contributed by atoms with Crippen molar-refractivity contribution in [1.29, 1.82) is 0 Å². The predicted octanol–water partition coefficient (Wildman–Crippen LogP) is 2.76. The molecule has 0 amide bonds. The molecule has 0 spiro atoms. The summed E-state index contributed by atoms with van der Waals surface area (Å²) in [6, 6.07) is 11.2. The van der Waals surface area contributed by atoms with E-state index in [1.165, 1.54) is 6.20 Å². The third kappa shape index (κ3) is 2.08. The topological polar surface area (TPSA) is 50.2 Å². The van der Waals surface area contributed by atoms with Gasteiger partial charge in [-0.2, -0.15) is 0 Å². The second-order valence-corrected chi connectivity index (χ2v) is 3.61. The van der Waals surface area contributed by atoms with Crippen molar-refractivity contribution in [3.05, 3.63) is 53.7 Å². The van der Waals surface area contributed by atoms with Crippen LogP contribution in [0.5, 0.6) is 0 Å². The van der Waals surface area contributed by atoms with Gasteiger partial charge in [-0.3, -0.25) is 4.98 Å². The van der Waals surface area contributed by atoms with Gasteiger partial charge in [0, 0.05) is 11.8 Å². The smallest absolute Gasteiger partial charge is 0.337 e. The number of aryl methyl sites for hydroxylation is 1. The molecule has 2 rings (SSSR count). The second-order valence-electron chi connectivity index (χ2n) is 3.61. The number of aromatic nitrogens is 1. The molecule has 0 fully saturated rings. The first-order valence-electron chi connectivity index (χ1n) is 4.93. The average molecular weight is 213 g/mol. The van der Waals surface area contributed by atoms with E-state index >= 15 is 0 Å². The van der Waals surface area contributed by atoms with Crippen LogP contribution in [0.3, 0.4) is 0 Å². The van der Waals surface area contributed by atoms with Crippen molar-refractivity contribution in [1.82, 2.24) is 4.98 Å². The van der Waals surface area contributed by atoms with E-state index in [4.69, 9.17) is 5.11 Å². The van der Waals surface area contributed by atoms with Gasteiger partial charge in [0.05, 0.1) is 11.3 Å². The Hall–Kier alpha value is -2.16. The van der Waals surface area contributed by atoms with Crippen LogP contribution < -0.4 is 0 Å². The van der Waals surface area contributed by atoms with E-state index in [-0.39, 0.29) is 5.56 Å². The molecule has 3 heteroatoms. The molecule has 1 heterocycles. The highest BCUT2D eigenvalue weighted by Gasteiger charge is 2.04. The van der Waals surface area contributed by atoms with Crippen molar-refractivity contribution in [2.75, 3.05) is 0 Å². The van der Waals surface area contributed by atoms with Gasteiger partial charge in [0.1, 0.15) is 0 Å². The first kappa shape index (κ1) is 10.4. The summed E-state index contributed by atoms with van der Waals surface area (Å²) in [5, 5.41) is 8.75. The van der Waals surface area contributed by atoms with Gasteiger partial charge in [-0.25, -0.2) is 4.79 Å². The maximum absolute atomic E-state index is 10.7. The number of carboxylic acids is 1. The number of rotatable bonds is 2. The van der Waals surface area contributed by atoms with Crippen LogP contribution in [0.15, 0.2) is 42.6 Å². The third-order valence-corrected chi connectivity index (χ3v) is 2.32. The Kier molecular flexibility index (Phi) is 2.68. The summed E-state index contributed by atoms with van der Waals surface area (Å²) in [4.78, 5) is 14.8. The molecule has 0 unspecified atom stereocenters. The molecule has 16 heavy (non-hydrogen) atoms. The summed E-state index contributed by atoms with van der Waals surface area (Å²) in [6.07, 6.45) is 1.38. The fourth-order valence-electron chi connectivity index (χ4n) is 1.50. The first-order chi connectivity index (χ1) is 7.66. The van der Waals surface area contributed by atoms with E-state index in [1.54, 1.807) is 12.1 Å². The van der Waals surface area contributed by atoms with Crippen molar-refractivity contribution < 1.29 is 9.90 Å². The number of nitrogens with zero attached hydrogens (tertiary/aromatic N) is 1. The van der Waals surface area contributed by atoms with Crippen LogP contribution in [-0.4, -0.2) is 16.1 Å². The zero-order valence-electron chi connectivity index (χ0n) is 8.84. The van der Waals surface area contributed by atoms with Gasteiger partial charge in [-0.15, -0.1) is 0 Å². The van der Waals surface area contributed by atoms with E-state index in [9.17, 15) is 4.79 Å². The monoisotopic (exact) mass is 213 g/mol. The van der Waals surface area contributed by atoms with Gasteiger partial charge in [0.15, 0.2) is 0 Å². The molecule has 0 aliphatic carbocycles. The highest BCUT2D eigenvalue weighted by atomic mass is 16.4. The van der Waals surface area contributed by atoms with Crippen LogP contribution in [0.2, 0.25) is 0 Å². The minimum absolute atomic E-state index is 0.205. The van der Waals surface area contributed by atoms with E-state index in [2.05, 4.69) is 4.98 Å². The van der Waals surface area contributed by atoms with Crippen LogP contribution in [0.4, 0.5) is 0 Å². The maximum Gasteiger partial charge on any atom is 0.337 e. The fourth-order valence-corrected chi connectivity index (χ4v) is 1.50. The van der Waals surface area contributed by atoms with E-state index in [1.807, 2.05) is 31.2 Å². The van der Waals surface area contributed by atoms with Crippen molar-refractivity contribution in [2.24, 2.45) is 0 Å². The van der Waals surface area contributed by atoms with Gasteiger partial charge in [-0.1, -0.05) is 23.8 Å². The number of aromatic carboxylic acids is 1. The Labute approximate surface area is 93.4 Å². The fraction of sp³-hybridized carbons (Fsp3) is 0.0769. The Morgan fingerprint density at radius 1 is 1.25 bits per heavy atom.